The van der Waals surface area contributed by atoms with Crippen molar-refractivity contribution in [2.45, 2.75) is 64.9 Å². The lowest BCUT2D eigenvalue weighted by Gasteiger charge is -2.26. The second-order valence-electron chi connectivity index (χ2n) is 11.7. The molecule has 9 nitrogen and oxygen atoms in total. The predicted octanol–water partition coefficient (Wildman–Crippen LogP) is 7.64. The topological polar surface area (TPSA) is 131 Å². The number of nitrogens with two attached hydrogens (primary N) is 1. The number of hydrogen-bond acceptors (Lipinski definition) is 6. The van der Waals surface area contributed by atoms with Crippen LogP contribution in [0, 0.1) is 6.92 Å². The van der Waals surface area contributed by atoms with E-state index < -0.39 is 23.6 Å². The van der Waals surface area contributed by atoms with Crippen molar-refractivity contribution in [3.05, 3.63) is 80.3 Å². The lowest BCUT2D eigenvalue weighted by molar-refractivity contribution is -0.117. The molecular weight excluding hydrogens is 605 g/mol. The Bertz CT molecular complexity index is 1600. The zero-order chi connectivity index (χ0) is 32.3. The Balaban J connectivity index is 1.73. The summed E-state index contributed by atoms with van der Waals surface area (Å²) in [5.74, 6) is -1.98. The molecule has 1 aliphatic rings. The fourth-order valence-electron chi connectivity index (χ4n) is 5.52. The molecule has 1 atom stereocenters. The number of halogens is 2. The van der Waals surface area contributed by atoms with Crippen LogP contribution in [0.25, 0.3) is 0 Å². The number of alkyl carbamates (subject to hydrolysis) is 1. The van der Waals surface area contributed by atoms with E-state index in [-0.39, 0.29) is 22.9 Å². The van der Waals surface area contributed by atoms with Gasteiger partial charge in [0.2, 0.25) is 5.91 Å². The number of amides is 2. The number of ether oxygens (including phenoxy) is 2. The molecule has 0 aliphatic carbocycles. The third kappa shape index (κ3) is 6.74. The zero-order valence-corrected chi connectivity index (χ0v) is 26.9. The van der Waals surface area contributed by atoms with E-state index in [1.165, 1.54) is 7.11 Å². The summed E-state index contributed by atoms with van der Waals surface area (Å²) in [5.41, 5.74) is 9.34. The van der Waals surface area contributed by atoms with Crippen molar-refractivity contribution in [1.82, 2.24) is 5.32 Å². The van der Waals surface area contributed by atoms with E-state index in [2.05, 4.69) is 5.32 Å². The van der Waals surface area contributed by atoms with Crippen LogP contribution in [0.15, 0.2) is 42.5 Å². The van der Waals surface area contributed by atoms with Crippen LogP contribution in [-0.2, 0) is 16.0 Å². The van der Waals surface area contributed by atoms with Gasteiger partial charge in [-0.3, -0.25) is 9.69 Å². The van der Waals surface area contributed by atoms with Crippen molar-refractivity contribution in [3.8, 4) is 5.75 Å². The number of aryl methyl sites for hydroxylation is 1. The predicted molar refractivity (Wildman–Crippen MR) is 173 cm³/mol. The normalized spacial score (nSPS) is 14.4. The first-order chi connectivity index (χ1) is 20.8. The molecule has 0 saturated carbocycles. The summed E-state index contributed by atoms with van der Waals surface area (Å²) in [5, 5.41) is 13.5. The lowest BCUT2D eigenvalue weighted by Crippen LogP contribution is -2.33. The molecule has 3 aromatic carbocycles. The number of carboxylic acid groups (broad SMARTS) is 1. The molecule has 3 aromatic rings. The van der Waals surface area contributed by atoms with Gasteiger partial charge in [-0.15, -0.1) is 0 Å². The number of fused-ring (bicyclic) bond motifs is 1. The van der Waals surface area contributed by atoms with E-state index in [1.807, 2.05) is 0 Å². The van der Waals surface area contributed by atoms with Crippen LogP contribution in [0.3, 0.4) is 0 Å². The Morgan fingerprint density at radius 2 is 1.77 bits per heavy atom. The number of anilines is 3. The average molecular weight is 643 g/mol. The molecule has 0 spiro atoms. The molecule has 0 fully saturated rings. The van der Waals surface area contributed by atoms with Crippen molar-refractivity contribution in [2.24, 2.45) is 0 Å². The second kappa shape index (κ2) is 13.4. The van der Waals surface area contributed by atoms with Crippen molar-refractivity contribution in [1.29, 1.82) is 0 Å². The Morgan fingerprint density at radius 1 is 1.07 bits per heavy atom. The number of rotatable bonds is 10. The van der Waals surface area contributed by atoms with Gasteiger partial charge in [0.15, 0.2) is 0 Å². The van der Waals surface area contributed by atoms with Crippen LogP contribution in [0.4, 0.5) is 21.9 Å². The minimum Gasteiger partial charge on any atom is -0.494 e. The monoisotopic (exact) mass is 641 g/mol. The van der Waals surface area contributed by atoms with Crippen LogP contribution in [0.1, 0.15) is 78.6 Å². The van der Waals surface area contributed by atoms with Gasteiger partial charge in [0.25, 0.3) is 0 Å². The number of nitrogens with one attached hydrogen (secondary N) is 1. The van der Waals surface area contributed by atoms with Gasteiger partial charge in [-0.2, -0.15) is 0 Å². The van der Waals surface area contributed by atoms with Gasteiger partial charge in [-0.05, 0) is 82.3 Å². The number of aromatic carboxylic acids is 1. The molecule has 4 rings (SSSR count). The standard InChI is InChI=1S/C33H37Cl2N3O6/c1-18-21(31(40)41)17-19(11-7-6-10-16-37-32(42)44-33(2,3)4)28(29(18)43-5)38-24-15-14-23(35)27(36)26(24)25(30(38)39)20-12-8-9-13-22(20)34/h8-9,12-15,17,25H,6-7,10-11,16,36H2,1-5H3,(H,37,42)(H,40,41). The van der Waals surface area contributed by atoms with E-state index in [9.17, 15) is 19.5 Å². The highest BCUT2D eigenvalue weighted by Gasteiger charge is 2.44. The first-order valence-corrected chi connectivity index (χ1v) is 15.1. The van der Waals surface area contributed by atoms with Gasteiger partial charge in [-0.1, -0.05) is 47.8 Å². The number of hydrogen-bond donors (Lipinski definition) is 3. The Morgan fingerprint density at radius 3 is 2.41 bits per heavy atom. The van der Waals surface area contributed by atoms with E-state index in [0.29, 0.717) is 69.5 Å². The largest absolute Gasteiger partial charge is 0.494 e. The van der Waals surface area contributed by atoms with Crippen molar-refractivity contribution >= 4 is 58.2 Å². The second-order valence-corrected chi connectivity index (χ2v) is 12.5. The fraction of sp³-hybridized carbons (Fsp3) is 0.364. The van der Waals surface area contributed by atoms with Gasteiger partial charge < -0.3 is 25.6 Å². The van der Waals surface area contributed by atoms with Crippen LogP contribution in [-0.4, -0.2) is 42.3 Å². The first kappa shape index (κ1) is 33.0. The maximum atomic E-state index is 14.5. The lowest BCUT2D eigenvalue weighted by atomic mass is 9.91. The van der Waals surface area contributed by atoms with E-state index in [4.69, 9.17) is 38.4 Å². The van der Waals surface area contributed by atoms with Gasteiger partial charge in [0, 0.05) is 22.7 Å². The van der Waals surface area contributed by atoms with Crippen LogP contribution in [0.5, 0.6) is 5.75 Å². The summed E-state index contributed by atoms with van der Waals surface area (Å²) in [6, 6.07) is 12.0. The maximum Gasteiger partial charge on any atom is 0.407 e. The molecule has 0 bridgehead atoms. The van der Waals surface area contributed by atoms with E-state index in [1.54, 1.807) is 75.1 Å². The van der Waals surface area contributed by atoms with Crippen LogP contribution in [0.2, 0.25) is 10.0 Å². The van der Waals surface area contributed by atoms with Crippen LogP contribution < -0.4 is 20.7 Å². The van der Waals surface area contributed by atoms with Gasteiger partial charge in [-0.25, -0.2) is 9.59 Å². The third-order valence-corrected chi connectivity index (χ3v) is 8.13. The van der Waals surface area contributed by atoms with Gasteiger partial charge in [0.1, 0.15) is 11.4 Å². The summed E-state index contributed by atoms with van der Waals surface area (Å²) < 4.78 is 11.1. The molecule has 1 heterocycles. The number of carboxylic acids is 1. The number of unbranched alkanes of at least 4 members (excludes halogenated alkanes) is 2. The zero-order valence-electron chi connectivity index (χ0n) is 25.4. The minimum atomic E-state index is -1.10. The fourth-order valence-corrected chi connectivity index (χ4v) is 5.93. The molecule has 0 radical (unpaired) electrons. The molecule has 0 saturated heterocycles. The molecular formula is C33H37Cl2N3O6. The summed E-state index contributed by atoms with van der Waals surface area (Å²) >= 11 is 13.0. The maximum absolute atomic E-state index is 14.5. The molecule has 44 heavy (non-hydrogen) atoms. The number of carbonyl (C=O) groups is 3. The van der Waals surface area contributed by atoms with Crippen molar-refractivity contribution in [2.75, 3.05) is 24.3 Å². The molecule has 234 valence electrons. The Labute approximate surface area is 267 Å². The summed E-state index contributed by atoms with van der Waals surface area (Å²) in [6.45, 7) is 7.48. The van der Waals surface area contributed by atoms with Crippen molar-refractivity contribution < 1.29 is 29.0 Å². The molecule has 4 N–H and O–H groups in total. The average Bonchev–Trinajstić information content (AvgIpc) is 3.23. The highest BCUT2D eigenvalue weighted by Crippen LogP contribution is 2.53. The molecule has 2 amide bonds. The highest BCUT2D eigenvalue weighted by molar-refractivity contribution is 6.34. The number of nitrogen functional groups attached to an aromatic ring is 1. The quantitative estimate of drug-likeness (QED) is 0.153. The van der Waals surface area contributed by atoms with E-state index >= 15 is 0 Å². The first-order valence-electron chi connectivity index (χ1n) is 14.3. The molecule has 1 aliphatic heterocycles. The van der Waals surface area contributed by atoms with Gasteiger partial charge in [0.05, 0.1) is 40.7 Å². The number of benzene rings is 3. The van der Waals surface area contributed by atoms with Crippen LogP contribution >= 0.6 is 23.2 Å². The summed E-state index contributed by atoms with van der Waals surface area (Å²) in [6.07, 6.45) is 2.02. The van der Waals surface area contributed by atoms with E-state index in [0.717, 1.165) is 6.42 Å². The highest BCUT2D eigenvalue weighted by atomic mass is 35.5. The smallest absolute Gasteiger partial charge is 0.407 e. The number of carbonyl (C=O) groups excluding carboxylic acids is 2. The molecule has 1 unspecified atom stereocenters. The molecule has 0 aromatic heterocycles. The SMILES string of the molecule is COc1c(C)c(C(=O)O)cc(CCCCCNC(=O)OC(C)(C)C)c1N1C(=O)C(c2ccccc2Cl)c2c1ccc(Cl)c2N. The van der Waals surface area contributed by atoms with Gasteiger partial charge >= 0.3 is 12.1 Å². The molecule has 11 heteroatoms. The van der Waals surface area contributed by atoms with Crippen molar-refractivity contribution in [3.63, 3.8) is 0 Å². The number of methoxy groups -OCH3 is 1. The Hall–Kier alpha value is -3.95. The summed E-state index contributed by atoms with van der Waals surface area (Å²) in [7, 11) is 1.45. The summed E-state index contributed by atoms with van der Waals surface area (Å²) in [4.78, 5) is 40.2. The third-order valence-electron chi connectivity index (χ3n) is 7.46. The minimum absolute atomic E-state index is 0.0809. The number of nitrogens with zero attached hydrogens (tertiary/aromatic N) is 1. The Kier molecular flexibility index (Phi) is 10.0.